The Morgan fingerprint density at radius 3 is 2.61 bits per heavy atom. The molecular weight excluding hydrogens is 231 g/mol. The molecule has 0 fully saturated rings. The second kappa shape index (κ2) is 6.50. The molecule has 0 aliphatic carbocycles. The van der Waals surface area contributed by atoms with Gasteiger partial charge >= 0.3 is 0 Å². The molecule has 0 bridgehead atoms. The number of amides is 1. The molecule has 0 saturated carbocycles. The summed E-state index contributed by atoms with van der Waals surface area (Å²) in [5.41, 5.74) is 6.49. The Hall–Kier alpha value is -1.42. The van der Waals surface area contributed by atoms with Gasteiger partial charge in [-0.05, 0) is 31.0 Å². The van der Waals surface area contributed by atoms with E-state index in [9.17, 15) is 9.18 Å². The van der Waals surface area contributed by atoms with Gasteiger partial charge in [0, 0.05) is 12.2 Å². The summed E-state index contributed by atoms with van der Waals surface area (Å²) < 4.78 is 13.2. The number of nitrogens with two attached hydrogens (primary N) is 1. The minimum atomic E-state index is -0.543. The lowest BCUT2D eigenvalue weighted by molar-refractivity contribution is -0.120. The average molecular weight is 252 g/mol. The van der Waals surface area contributed by atoms with Crippen molar-refractivity contribution in [2.45, 2.75) is 33.2 Å². The van der Waals surface area contributed by atoms with E-state index in [1.807, 2.05) is 20.8 Å². The summed E-state index contributed by atoms with van der Waals surface area (Å²) in [6.45, 7) is 6.27. The number of likely N-dealkylation sites (N-methyl/N-ethyl adjacent to an activating group) is 1. The van der Waals surface area contributed by atoms with E-state index < -0.39 is 6.04 Å². The van der Waals surface area contributed by atoms with Crippen LogP contribution >= 0.6 is 0 Å². The van der Waals surface area contributed by atoms with Crippen LogP contribution in [0.15, 0.2) is 24.3 Å². The van der Waals surface area contributed by atoms with Crippen molar-refractivity contribution in [1.29, 1.82) is 0 Å². The summed E-state index contributed by atoms with van der Waals surface area (Å²) in [5.74, 6) is -0.395. The maximum atomic E-state index is 13.2. The Bertz CT molecular complexity index is 409. The van der Waals surface area contributed by atoms with Gasteiger partial charge < -0.3 is 10.6 Å². The molecule has 18 heavy (non-hydrogen) atoms. The average Bonchev–Trinajstić information content (AvgIpc) is 2.37. The summed E-state index contributed by atoms with van der Waals surface area (Å²) in [6.07, 6.45) is 0.841. The smallest absolute Gasteiger partial charge is 0.244 e. The molecule has 1 rings (SSSR count). The number of carbonyl (C=O) groups is 1. The van der Waals surface area contributed by atoms with E-state index >= 15 is 0 Å². The zero-order valence-corrected chi connectivity index (χ0v) is 11.2. The van der Waals surface area contributed by atoms with Crippen LogP contribution < -0.4 is 10.6 Å². The Balaban J connectivity index is 2.93. The van der Waals surface area contributed by atoms with Gasteiger partial charge in [-0.25, -0.2) is 4.39 Å². The fourth-order valence-corrected chi connectivity index (χ4v) is 1.79. The van der Waals surface area contributed by atoms with Crippen molar-refractivity contribution < 1.29 is 9.18 Å². The summed E-state index contributed by atoms with van der Waals surface area (Å²) in [4.78, 5) is 13.8. The van der Waals surface area contributed by atoms with E-state index in [0.717, 1.165) is 6.42 Å². The van der Waals surface area contributed by atoms with Gasteiger partial charge in [-0.2, -0.15) is 0 Å². The lowest BCUT2D eigenvalue weighted by Crippen LogP contribution is -2.47. The zero-order valence-electron chi connectivity index (χ0n) is 11.2. The molecule has 1 aromatic carbocycles. The molecule has 1 aromatic rings. The first-order valence-electron chi connectivity index (χ1n) is 6.33. The van der Waals surface area contributed by atoms with Crippen LogP contribution in [-0.4, -0.2) is 18.5 Å². The van der Waals surface area contributed by atoms with Gasteiger partial charge in [0.1, 0.15) is 5.82 Å². The molecule has 0 aliphatic rings. The maximum Gasteiger partial charge on any atom is 0.244 e. The van der Waals surface area contributed by atoms with Crippen LogP contribution in [0.2, 0.25) is 0 Å². The first-order chi connectivity index (χ1) is 8.51. The standard InChI is InChI=1S/C14H21FN2O/c1-4-10(3)13(16)14(18)17(5-2)12-8-6-7-11(15)9-12/h6-10,13H,4-5,16H2,1-3H3/t10-,13-/m0/s1. The predicted molar refractivity (Wildman–Crippen MR) is 71.9 cm³/mol. The van der Waals surface area contributed by atoms with Crippen LogP contribution in [0.4, 0.5) is 10.1 Å². The molecule has 0 radical (unpaired) electrons. The summed E-state index contributed by atoms with van der Waals surface area (Å²) in [7, 11) is 0. The summed E-state index contributed by atoms with van der Waals surface area (Å²) in [6, 6.07) is 5.47. The predicted octanol–water partition coefficient (Wildman–Crippen LogP) is 2.55. The number of hydrogen-bond acceptors (Lipinski definition) is 2. The second-order valence-electron chi connectivity index (χ2n) is 4.47. The third kappa shape index (κ3) is 3.29. The molecule has 0 saturated heterocycles. The van der Waals surface area contributed by atoms with Gasteiger partial charge in [-0.3, -0.25) is 4.79 Å². The monoisotopic (exact) mass is 252 g/mol. The number of anilines is 1. The van der Waals surface area contributed by atoms with Gasteiger partial charge in [-0.15, -0.1) is 0 Å². The maximum absolute atomic E-state index is 13.2. The van der Waals surface area contributed by atoms with Crippen molar-refractivity contribution >= 4 is 11.6 Å². The molecule has 0 aliphatic heterocycles. The second-order valence-corrected chi connectivity index (χ2v) is 4.47. The minimum absolute atomic E-state index is 0.111. The first kappa shape index (κ1) is 14.6. The minimum Gasteiger partial charge on any atom is -0.320 e. The fourth-order valence-electron chi connectivity index (χ4n) is 1.79. The summed E-state index contributed by atoms with van der Waals surface area (Å²) in [5, 5.41) is 0. The highest BCUT2D eigenvalue weighted by Gasteiger charge is 2.25. The van der Waals surface area contributed by atoms with Gasteiger partial charge in [-0.1, -0.05) is 26.3 Å². The largest absolute Gasteiger partial charge is 0.320 e. The summed E-state index contributed by atoms with van der Waals surface area (Å²) >= 11 is 0. The van der Waals surface area contributed by atoms with Crippen LogP contribution in [0.5, 0.6) is 0 Å². The zero-order chi connectivity index (χ0) is 13.7. The van der Waals surface area contributed by atoms with Gasteiger partial charge in [0.25, 0.3) is 0 Å². The number of halogens is 1. The molecule has 0 heterocycles. The van der Waals surface area contributed by atoms with E-state index in [4.69, 9.17) is 5.73 Å². The number of benzene rings is 1. The molecule has 2 N–H and O–H groups in total. The van der Waals surface area contributed by atoms with Crippen LogP contribution in [0.1, 0.15) is 27.2 Å². The number of nitrogens with zero attached hydrogens (tertiary/aromatic N) is 1. The van der Waals surface area contributed by atoms with Crippen molar-refractivity contribution in [2.24, 2.45) is 11.7 Å². The number of rotatable bonds is 5. The fraction of sp³-hybridized carbons (Fsp3) is 0.500. The highest BCUT2D eigenvalue weighted by Crippen LogP contribution is 2.18. The van der Waals surface area contributed by atoms with E-state index in [1.165, 1.54) is 17.0 Å². The molecule has 3 nitrogen and oxygen atoms in total. The van der Waals surface area contributed by atoms with Gasteiger partial charge in [0.2, 0.25) is 5.91 Å². The molecule has 0 aromatic heterocycles. The lowest BCUT2D eigenvalue weighted by Gasteiger charge is -2.27. The molecular formula is C14H21FN2O. The molecule has 1 amide bonds. The quantitative estimate of drug-likeness (QED) is 0.875. The van der Waals surface area contributed by atoms with Crippen LogP contribution in [-0.2, 0) is 4.79 Å². The third-order valence-corrected chi connectivity index (χ3v) is 3.24. The Labute approximate surface area is 108 Å². The number of carbonyl (C=O) groups excluding carboxylic acids is 1. The van der Waals surface area contributed by atoms with Crippen molar-refractivity contribution in [3.63, 3.8) is 0 Å². The molecule has 2 atom stereocenters. The lowest BCUT2D eigenvalue weighted by atomic mass is 9.98. The van der Waals surface area contributed by atoms with Gasteiger partial charge in [0.15, 0.2) is 0 Å². The van der Waals surface area contributed by atoms with E-state index in [0.29, 0.717) is 12.2 Å². The first-order valence-corrected chi connectivity index (χ1v) is 6.33. The van der Waals surface area contributed by atoms with Crippen molar-refractivity contribution in [3.05, 3.63) is 30.1 Å². The van der Waals surface area contributed by atoms with Gasteiger partial charge in [0.05, 0.1) is 6.04 Å². The Morgan fingerprint density at radius 1 is 1.44 bits per heavy atom. The SMILES string of the molecule is CC[C@H](C)[C@H](N)C(=O)N(CC)c1cccc(F)c1. The van der Waals surface area contributed by atoms with E-state index in [1.54, 1.807) is 12.1 Å². The highest BCUT2D eigenvalue weighted by molar-refractivity contribution is 5.97. The Kier molecular flexibility index (Phi) is 5.28. The Morgan fingerprint density at radius 2 is 2.11 bits per heavy atom. The van der Waals surface area contributed by atoms with E-state index in [2.05, 4.69) is 0 Å². The normalized spacial score (nSPS) is 14.1. The topological polar surface area (TPSA) is 46.3 Å². The molecule has 0 unspecified atom stereocenters. The highest BCUT2D eigenvalue weighted by atomic mass is 19.1. The molecule has 100 valence electrons. The van der Waals surface area contributed by atoms with Crippen LogP contribution in [0, 0.1) is 11.7 Å². The van der Waals surface area contributed by atoms with E-state index in [-0.39, 0.29) is 17.6 Å². The van der Waals surface area contributed by atoms with Crippen molar-refractivity contribution in [3.8, 4) is 0 Å². The van der Waals surface area contributed by atoms with Crippen LogP contribution in [0.25, 0.3) is 0 Å². The third-order valence-electron chi connectivity index (χ3n) is 3.24. The molecule has 4 heteroatoms. The van der Waals surface area contributed by atoms with Crippen molar-refractivity contribution in [1.82, 2.24) is 0 Å². The molecule has 0 spiro atoms. The van der Waals surface area contributed by atoms with Crippen molar-refractivity contribution in [2.75, 3.05) is 11.4 Å². The number of hydrogen-bond donors (Lipinski definition) is 1. The van der Waals surface area contributed by atoms with Crippen LogP contribution in [0.3, 0.4) is 0 Å².